The molecule has 1 aliphatic heterocycles. The maximum absolute atomic E-state index is 12.3. The molecule has 0 aliphatic carbocycles. The molecule has 0 bridgehead atoms. The van der Waals surface area contributed by atoms with E-state index >= 15 is 0 Å². The Labute approximate surface area is 157 Å². The van der Waals surface area contributed by atoms with Gasteiger partial charge in [0.15, 0.2) is 11.0 Å². The summed E-state index contributed by atoms with van der Waals surface area (Å²) in [5, 5.41) is 9.51. The Kier molecular flexibility index (Phi) is 4.51. The number of amides is 1. The van der Waals surface area contributed by atoms with Crippen LogP contribution in [0.5, 0.6) is 0 Å². The number of hydrogen-bond acceptors (Lipinski definition) is 4. The molecule has 0 spiro atoms. The van der Waals surface area contributed by atoms with E-state index in [-0.39, 0.29) is 11.2 Å². The van der Waals surface area contributed by atoms with E-state index in [0.717, 1.165) is 35.2 Å². The van der Waals surface area contributed by atoms with Crippen LogP contribution in [-0.4, -0.2) is 44.4 Å². The van der Waals surface area contributed by atoms with Crippen LogP contribution in [0, 0.1) is 6.92 Å². The van der Waals surface area contributed by atoms with Crippen LogP contribution < -0.4 is 0 Å². The predicted octanol–water partition coefficient (Wildman–Crippen LogP) is 3.57. The fourth-order valence-corrected chi connectivity index (χ4v) is 4.22. The van der Waals surface area contributed by atoms with Crippen LogP contribution in [0.1, 0.15) is 12.0 Å². The summed E-state index contributed by atoms with van der Waals surface area (Å²) in [7, 11) is 1.85. The highest BCUT2D eigenvalue weighted by molar-refractivity contribution is 8.00. The molecular weight excluding hydrogens is 344 g/mol. The van der Waals surface area contributed by atoms with Crippen molar-refractivity contribution in [2.75, 3.05) is 13.6 Å². The average molecular weight is 364 g/mol. The Morgan fingerprint density at radius 2 is 1.77 bits per heavy atom. The molecule has 3 aromatic rings. The Morgan fingerprint density at radius 3 is 2.42 bits per heavy atom. The summed E-state index contributed by atoms with van der Waals surface area (Å²) in [6, 6.07) is 18.3. The highest BCUT2D eigenvalue weighted by Crippen LogP contribution is 2.33. The van der Waals surface area contributed by atoms with Crippen molar-refractivity contribution in [2.45, 2.75) is 23.8 Å². The molecule has 0 radical (unpaired) electrons. The normalized spacial score (nSPS) is 17.1. The first-order chi connectivity index (χ1) is 12.6. The fourth-order valence-electron chi connectivity index (χ4n) is 3.07. The van der Waals surface area contributed by atoms with Crippen molar-refractivity contribution in [3.8, 4) is 17.1 Å². The zero-order chi connectivity index (χ0) is 18.1. The first kappa shape index (κ1) is 16.8. The van der Waals surface area contributed by atoms with Crippen molar-refractivity contribution in [1.82, 2.24) is 19.7 Å². The predicted molar refractivity (Wildman–Crippen MR) is 103 cm³/mol. The van der Waals surface area contributed by atoms with Gasteiger partial charge in [-0.2, -0.15) is 0 Å². The molecule has 1 amide bonds. The van der Waals surface area contributed by atoms with E-state index in [1.807, 2.05) is 41.9 Å². The molecule has 4 rings (SSSR count). The third-order valence-corrected chi connectivity index (χ3v) is 5.78. The maximum Gasteiger partial charge on any atom is 0.235 e. The summed E-state index contributed by atoms with van der Waals surface area (Å²) >= 11 is 1.50. The lowest BCUT2D eigenvalue weighted by molar-refractivity contribution is -0.126. The minimum absolute atomic E-state index is 0.1000. The molecule has 1 saturated heterocycles. The number of hydrogen-bond donors (Lipinski definition) is 0. The molecule has 1 fully saturated rings. The number of benzene rings is 2. The van der Waals surface area contributed by atoms with E-state index in [1.54, 1.807) is 4.90 Å². The van der Waals surface area contributed by atoms with Crippen molar-refractivity contribution in [3.05, 3.63) is 60.2 Å². The Hall–Kier alpha value is -2.60. The van der Waals surface area contributed by atoms with Gasteiger partial charge in [0.05, 0.1) is 5.25 Å². The van der Waals surface area contributed by atoms with Gasteiger partial charge in [-0.05, 0) is 25.5 Å². The van der Waals surface area contributed by atoms with Crippen LogP contribution in [0.2, 0.25) is 0 Å². The van der Waals surface area contributed by atoms with Crippen LogP contribution in [0.3, 0.4) is 0 Å². The van der Waals surface area contributed by atoms with E-state index in [2.05, 4.69) is 41.4 Å². The van der Waals surface area contributed by atoms with E-state index in [1.165, 1.54) is 17.3 Å². The quantitative estimate of drug-likeness (QED) is 0.710. The SMILES string of the molecule is Cc1ccc(-n2c(SC3CCN(C)C3=O)nnc2-c2ccccc2)cc1. The molecule has 5 nitrogen and oxygen atoms in total. The Bertz CT molecular complexity index is 921. The third kappa shape index (κ3) is 3.12. The molecule has 1 aromatic heterocycles. The molecule has 6 heteroatoms. The van der Waals surface area contributed by atoms with Crippen LogP contribution in [0.4, 0.5) is 0 Å². The highest BCUT2D eigenvalue weighted by atomic mass is 32.2. The van der Waals surface area contributed by atoms with Crippen LogP contribution >= 0.6 is 11.8 Å². The minimum atomic E-state index is -0.1000. The van der Waals surface area contributed by atoms with Gasteiger partial charge in [-0.3, -0.25) is 9.36 Å². The van der Waals surface area contributed by atoms with Crippen LogP contribution in [-0.2, 0) is 4.79 Å². The molecule has 1 atom stereocenters. The van der Waals surface area contributed by atoms with Crippen LogP contribution in [0.25, 0.3) is 17.1 Å². The van der Waals surface area contributed by atoms with Crippen molar-refractivity contribution in [3.63, 3.8) is 0 Å². The molecule has 0 N–H and O–H groups in total. The number of likely N-dealkylation sites (tertiary alicyclic amines) is 1. The second kappa shape index (κ2) is 6.96. The van der Waals surface area contributed by atoms with Gasteiger partial charge in [0.25, 0.3) is 0 Å². The zero-order valence-electron chi connectivity index (χ0n) is 14.8. The van der Waals surface area contributed by atoms with Gasteiger partial charge in [0.2, 0.25) is 5.91 Å². The summed E-state index contributed by atoms with van der Waals surface area (Å²) in [5.74, 6) is 0.950. The van der Waals surface area contributed by atoms with Crippen molar-refractivity contribution >= 4 is 17.7 Å². The third-order valence-electron chi connectivity index (χ3n) is 4.58. The Morgan fingerprint density at radius 1 is 1.04 bits per heavy atom. The number of nitrogens with zero attached hydrogens (tertiary/aromatic N) is 4. The number of rotatable bonds is 4. The van der Waals surface area contributed by atoms with Crippen molar-refractivity contribution in [2.24, 2.45) is 0 Å². The Balaban J connectivity index is 1.78. The number of aryl methyl sites for hydroxylation is 1. The lowest BCUT2D eigenvalue weighted by Gasteiger charge is -2.13. The monoisotopic (exact) mass is 364 g/mol. The van der Waals surface area contributed by atoms with E-state index in [9.17, 15) is 4.79 Å². The molecule has 132 valence electrons. The van der Waals surface area contributed by atoms with E-state index < -0.39 is 0 Å². The smallest absolute Gasteiger partial charge is 0.235 e. The molecule has 0 saturated carbocycles. The number of carbonyl (C=O) groups excluding carboxylic acids is 1. The molecule has 2 heterocycles. The van der Waals surface area contributed by atoms with Gasteiger partial charge in [0, 0.05) is 24.8 Å². The molecular formula is C20H20N4OS. The summed E-state index contributed by atoms with van der Waals surface area (Å²) in [6.45, 7) is 2.86. The van der Waals surface area contributed by atoms with Gasteiger partial charge in [-0.15, -0.1) is 10.2 Å². The van der Waals surface area contributed by atoms with Gasteiger partial charge < -0.3 is 4.90 Å². The topological polar surface area (TPSA) is 51.0 Å². The molecule has 26 heavy (non-hydrogen) atoms. The van der Waals surface area contributed by atoms with Crippen molar-refractivity contribution in [1.29, 1.82) is 0 Å². The first-order valence-corrected chi connectivity index (χ1v) is 9.51. The van der Waals surface area contributed by atoms with Gasteiger partial charge in [-0.1, -0.05) is 59.8 Å². The summed E-state index contributed by atoms with van der Waals surface area (Å²) < 4.78 is 2.05. The van der Waals surface area contributed by atoms with Crippen molar-refractivity contribution < 1.29 is 4.79 Å². The minimum Gasteiger partial charge on any atom is -0.345 e. The summed E-state index contributed by atoms with van der Waals surface area (Å²) in [5.41, 5.74) is 3.20. The van der Waals surface area contributed by atoms with Crippen LogP contribution in [0.15, 0.2) is 59.8 Å². The lowest BCUT2D eigenvalue weighted by Crippen LogP contribution is -2.24. The number of carbonyl (C=O) groups is 1. The lowest BCUT2D eigenvalue weighted by atomic mass is 10.2. The fraction of sp³-hybridized carbons (Fsp3) is 0.250. The summed E-state index contributed by atoms with van der Waals surface area (Å²) in [4.78, 5) is 14.1. The number of aromatic nitrogens is 3. The summed E-state index contributed by atoms with van der Waals surface area (Å²) in [6.07, 6.45) is 0.835. The van der Waals surface area contributed by atoms with E-state index in [0.29, 0.717) is 0 Å². The number of thioether (sulfide) groups is 1. The highest BCUT2D eigenvalue weighted by Gasteiger charge is 2.32. The standard InChI is InChI=1S/C20H20N4OS/c1-14-8-10-16(11-9-14)24-18(15-6-4-3-5-7-15)21-22-20(24)26-17-12-13-23(2)19(17)25/h3-11,17H,12-13H2,1-2H3. The second-order valence-corrected chi connectivity index (χ2v) is 7.67. The molecule has 2 aromatic carbocycles. The zero-order valence-corrected chi connectivity index (χ0v) is 15.6. The average Bonchev–Trinajstić information content (AvgIpc) is 3.22. The second-order valence-electron chi connectivity index (χ2n) is 6.50. The molecule has 1 aliphatic rings. The first-order valence-electron chi connectivity index (χ1n) is 8.63. The largest absolute Gasteiger partial charge is 0.345 e. The van der Waals surface area contributed by atoms with Gasteiger partial charge >= 0.3 is 0 Å². The van der Waals surface area contributed by atoms with Gasteiger partial charge in [0.1, 0.15) is 0 Å². The molecule has 1 unspecified atom stereocenters. The van der Waals surface area contributed by atoms with Gasteiger partial charge in [-0.25, -0.2) is 0 Å². The maximum atomic E-state index is 12.3. The van der Waals surface area contributed by atoms with E-state index in [4.69, 9.17) is 0 Å².